The number of amides is 1. The number of aromatic nitrogens is 1. The summed E-state index contributed by atoms with van der Waals surface area (Å²) in [4.78, 5) is 29.9. The van der Waals surface area contributed by atoms with Gasteiger partial charge in [0.2, 0.25) is 0 Å². The van der Waals surface area contributed by atoms with Crippen LogP contribution in [0.2, 0.25) is 0 Å². The number of rotatable bonds is 6. The Morgan fingerprint density at radius 3 is 2.42 bits per heavy atom. The average Bonchev–Trinajstić information content (AvgIpc) is 3.16. The van der Waals surface area contributed by atoms with Gasteiger partial charge >= 0.3 is 5.97 Å². The third kappa shape index (κ3) is 5.39. The van der Waals surface area contributed by atoms with E-state index in [-0.39, 0.29) is 22.7 Å². The van der Waals surface area contributed by atoms with E-state index in [0.717, 1.165) is 26.9 Å². The van der Waals surface area contributed by atoms with E-state index in [0.29, 0.717) is 4.80 Å². The molecule has 3 aromatic carbocycles. The molecule has 1 amide bonds. The largest absolute Gasteiger partial charge is 0.468 e. The van der Waals surface area contributed by atoms with Gasteiger partial charge in [-0.15, -0.1) is 0 Å². The minimum Gasteiger partial charge on any atom is -0.468 e. The molecule has 0 radical (unpaired) electrons. The number of carbonyl (C=O) groups is 2. The molecule has 0 bridgehead atoms. The van der Waals surface area contributed by atoms with Crippen molar-refractivity contribution in [2.75, 3.05) is 11.8 Å². The van der Waals surface area contributed by atoms with Crippen LogP contribution in [0, 0.1) is 20.8 Å². The van der Waals surface area contributed by atoms with Crippen molar-refractivity contribution in [2.24, 2.45) is 4.99 Å². The molecule has 1 N–H and O–H groups in total. The minimum absolute atomic E-state index is 0.0953. The molecule has 0 saturated carbocycles. The van der Waals surface area contributed by atoms with Crippen LogP contribution in [0.1, 0.15) is 27.0 Å². The highest BCUT2D eigenvalue weighted by atomic mass is 32.2. The lowest BCUT2D eigenvalue weighted by Crippen LogP contribution is -2.22. The van der Waals surface area contributed by atoms with Crippen molar-refractivity contribution >= 4 is 49.1 Å². The van der Waals surface area contributed by atoms with Crippen LogP contribution in [0.5, 0.6) is 0 Å². The van der Waals surface area contributed by atoms with Gasteiger partial charge in [0.15, 0.2) is 4.80 Å². The lowest BCUT2D eigenvalue weighted by Gasteiger charge is -2.09. The molecule has 0 fully saturated rings. The maximum absolute atomic E-state index is 13.1. The SMILES string of the molecule is COC(=O)Cn1c(=NC(=O)c2cccc(NS(=O)(=O)c3ccc(C)cc3)c2)sc2c(C)cc(C)cc21. The van der Waals surface area contributed by atoms with Crippen molar-refractivity contribution in [3.63, 3.8) is 0 Å². The maximum atomic E-state index is 13.1. The predicted octanol–water partition coefficient (Wildman–Crippen LogP) is 4.34. The van der Waals surface area contributed by atoms with E-state index in [2.05, 4.69) is 9.71 Å². The zero-order valence-electron chi connectivity index (χ0n) is 20.2. The second-order valence-corrected chi connectivity index (χ2v) is 11.1. The summed E-state index contributed by atoms with van der Waals surface area (Å²) in [5.74, 6) is -1.03. The summed E-state index contributed by atoms with van der Waals surface area (Å²) in [6.45, 7) is 5.69. The van der Waals surface area contributed by atoms with Crippen LogP contribution < -0.4 is 9.52 Å². The number of esters is 1. The number of nitrogens with one attached hydrogen (secondary N) is 1. The summed E-state index contributed by atoms with van der Waals surface area (Å²) in [6, 6.07) is 16.6. The van der Waals surface area contributed by atoms with Gasteiger partial charge in [0.05, 0.1) is 22.2 Å². The van der Waals surface area contributed by atoms with Crippen LogP contribution >= 0.6 is 11.3 Å². The van der Waals surface area contributed by atoms with Gasteiger partial charge in [-0.05, 0) is 68.3 Å². The van der Waals surface area contributed by atoms with Crippen LogP contribution in [0.15, 0.2) is 70.6 Å². The van der Waals surface area contributed by atoms with Gasteiger partial charge in [-0.1, -0.05) is 41.2 Å². The van der Waals surface area contributed by atoms with Crippen molar-refractivity contribution < 1.29 is 22.7 Å². The van der Waals surface area contributed by atoms with Gasteiger partial charge in [-0.3, -0.25) is 14.3 Å². The summed E-state index contributed by atoms with van der Waals surface area (Å²) >= 11 is 1.30. The van der Waals surface area contributed by atoms with Gasteiger partial charge in [0.1, 0.15) is 6.54 Å². The normalized spacial score (nSPS) is 12.1. The van der Waals surface area contributed by atoms with Crippen LogP contribution in [0.3, 0.4) is 0 Å². The molecule has 10 heteroatoms. The molecule has 0 aliphatic carbocycles. The number of ether oxygens (including phenoxy) is 1. The Kier molecular flexibility index (Phi) is 7.09. The maximum Gasteiger partial charge on any atom is 0.325 e. The number of thiazole rings is 1. The van der Waals surface area contributed by atoms with Crippen LogP contribution in [0.4, 0.5) is 5.69 Å². The smallest absolute Gasteiger partial charge is 0.325 e. The van der Waals surface area contributed by atoms with Gasteiger partial charge in [-0.2, -0.15) is 4.99 Å². The topological polar surface area (TPSA) is 107 Å². The highest BCUT2D eigenvalue weighted by molar-refractivity contribution is 7.92. The molecule has 1 aromatic heterocycles. The molecule has 8 nitrogen and oxygen atoms in total. The third-order valence-electron chi connectivity index (χ3n) is 5.52. The fourth-order valence-electron chi connectivity index (χ4n) is 3.74. The summed E-state index contributed by atoms with van der Waals surface area (Å²) in [6.07, 6.45) is 0. The molecule has 0 saturated heterocycles. The number of methoxy groups -OCH3 is 1. The van der Waals surface area contributed by atoms with Crippen molar-refractivity contribution in [3.8, 4) is 0 Å². The van der Waals surface area contributed by atoms with Gasteiger partial charge in [0, 0.05) is 11.3 Å². The fraction of sp³-hybridized carbons (Fsp3) is 0.192. The van der Waals surface area contributed by atoms with E-state index in [9.17, 15) is 18.0 Å². The molecule has 0 unspecified atom stereocenters. The predicted molar refractivity (Wildman–Crippen MR) is 140 cm³/mol. The fourth-order valence-corrected chi connectivity index (χ4v) is 5.87. The number of anilines is 1. The van der Waals surface area contributed by atoms with Crippen LogP contribution in [0.25, 0.3) is 10.2 Å². The number of hydrogen-bond donors (Lipinski definition) is 1. The second-order valence-electron chi connectivity index (χ2n) is 8.39. The third-order valence-corrected chi connectivity index (χ3v) is 8.15. The van der Waals surface area contributed by atoms with Gasteiger partial charge < -0.3 is 9.30 Å². The van der Waals surface area contributed by atoms with Crippen molar-refractivity contribution in [3.05, 3.63) is 87.7 Å². The van der Waals surface area contributed by atoms with Crippen molar-refractivity contribution in [1.82, 2.24) is 4.57 Å². The Labute approximate surface area is 212 Å². The number of hydrogen-bond acceptors (Lipinski definition) is 6. The number of carbonyl (C=O) groups excluding carboxylic acids is 2. The van der Waals surface area contributed by atoms with Crippen LogP contribution in [-0.2, 0) is 26.1 Å². The molecule has 4 rings (SSSR count). The van der Waals surface area contributed by atoms with Crippen molar-refractivity contribution in [1.29, 1.82) is 0 Å². The lowest BCUT2D eigenvalue weighted by molar-refractivity contribution is -0.141. The molecule has 0 aliphatic rings. The highest BCUT2D eigenvalue weighted by Crippen LogP contribution is 2.24. The van der Waals surface area contributed by atoms with E-state index in [1.165, 1.54) is 36.6 Å². The number of fused-ring (bicyclic) bond motifs is 1. The highest BCUT2D eigenvalue weighted by Gasteiger charge is 2.17. The van der Waals surface area contributed by atoms with E-state index in [4.69, 9.17) is 4.74 Å². The average molecular weight is 524 g/mol. The van der Waals surface area contributed by atoms with E-state index in [1.807, 2.05) is 32.9 Å². The van der Waals surface area contributed by atoms with Gasteiger partial charge in [-0.25, -0.2) is 8.42 Å². The summed E-state index contributed by atoms with van der Waals surface area (Å²) in [7, 11) is -2.52. The molecule has 1 heterocycles. The Morgan fingerprint density at radius 2 is 1.72 bits per heavy atom. The first kappa shape index (κ1) is 25.3. The molecular weight excluding hydrogens is 498 g/mol. The summed E-state index contributed by atoms with van der Waals surface area (Å²) in [5, 5.41) is 0. The molecular formula is C26H25N3O5S2. The molecule has 0 aliphatic heterocycles. The number of aryl methyl sites for hydroxylation is 3. The van der Waals surface area contributed by atoms with E-state index >= 15 is 0 Å². The number of benzene rings is 3. The van der Waals surface area contributed by atoms with Crippen molar-refractivity contribution in [2.45, 2.75) is 32.2 Å². The van der Waals surface area contributed by atoms with E-state index < -0.39 is 21.9 Å². The lowest BCUT2D eigenvalue weighted by atomic mass is 10.1. The molecule has 4 aromatic rings. The molecule has 0 spiro atoms. The first-order chi connectivity index (χ1) is 17.1. The molecule has 36 heavy (non-hydrogen) atoms. The second kappa shape index (κ2) is 10.1. The molecule has 186 valence electrons. The Bertz CT molecular complexity index is 1650. The Morgan fingerprint density at radius 1 is 1.00 bits per heavy atom. The zero-order valence-corrected chi connectivity index (χ0v) is 21.9. The number of sulfonamides is 1. The summed E-state index contributed by atoms with van der Waals surface area (Å²) in [5.41, 5.74) is 4.20. The quantitative estimate of drug-likeness (QED) is 0.378. The van der Waals surface area contributed by atoms with Gasteiger partial charge in [0.25, 0.3) is 15.9 Å². The Balaban J connectivity index is 1.71. The Hall–Kier alpha value is -3.76. The molecule has 0 atom stereocenters. The zero-order chi connectivity index (χ0) is 26.0. The first-order valence-corrected chi connectivity index (χ1v) is 13.3. The first-order valence-electron chi connectivity index (χ1n) is 11.0. The summed E-state index contributed by atoms with van der Waals surface area (Å²) < 4.78 is 35.4. The van der Waals surface area contributed by atoms with E-state index in [1.54, 1.807) is 34.9 Å². The monoisotopic (exact) mass is 523 g/mol. The standard InChI is InChI=1S/C26H25N3O5S2/c1-16-8-10-21(11-9-16)36(32,33)28-20-7-5-6-19(14-20)25(31)27-26-29(15-23(30)34-4)22-13-17(2)12-18(3)24(22)35-26/h5-14,28H,15H2,1-4H3. The van der Waals surface area contributed by atoms with Crippen LogP contribution in [-0.4, -0.2) is 32.0 Å². The number of nitrogens with zero attached hydrogens (tertiary/aromatic N) is 2. The minimum atomic E-state index is -3.83.